The number of piperidine rings is 1. The van der Waals surface area contributed by atoms with Gasteiger partial charge in [-0.3, -0.25) is 4.79 Å². The van der Waals surface area contributed by atoms with Gasteiger partial charge in [-0.05, 0) is 63.5 Å². The molecule has 0 radical (unpaired) electrons. The predicted molar refractivity (Wildman–Crippen MR) is 84.3 cm³/mol. The molecule has 20 heavy (non-hydrogen) atoms. The molecule has 0 atom stereocenters. The van der Waals surface area contributed by atoms with Crippen molar-refractivity contribution in [1.29, 1.82) is 0 Å². The normalized spacial score (nSPS) is 17.1. The molecule has 1 N–H and O–H groups in total. The summed E-state index contributed by atoms with van der Waals surface area (Å²) in [5, 5.41) is 3.68. The van der Waals surface area contributed by atoms with Gasteiger partial charge in [-0.2, -0.15) is 0 Å². The summed E-state index contributed by atoms with van der Waals surface area (Å²) in [4.78, 5) is 14.7. The average Bonchev–Trinajstić information content (AvgIpc) is 2.44. The number of nitrogens with zero attached hydrogens (tertiary/aromatic N) is 1. The van der Waals surface area contributed by atoms with Gasteiger partial charge in [0.1, 0.15) is 0 Å². The molecule has 3 nitrogen and oxygen atoms in total. The molecule has 1 fully saturated rings. The van der Waals surface area contributed by atoms with Crippen molar-refractivity contribution < 1.29 is 4.79 Å². The van der Waals surface area contributed by atoms with Crippen molar-refractivity contribution in [3.63, 3.8) is 0 Å². The van der Waals surface area contributed by atoms with Gasteiger partial charge in [-0.1, -0.05) is 24.6 Å². The van der Waals surface area contributed by atoms with Gasteiger partial charge in [0.05, 0.1) is 0 Å². The Labute approximate surface area is 126 Å². The molecule has 0 bridgehead atoms. The summed E-state index contributed by atoms with van der Waals surface area (Å²) < 4.78 is 0. The highest BCUT2D eigenvalue weighted by molar-refractivity contribution is 6.31. The van der Waals surface area contributed by atoms with Crippen molar-refractivity contribution >= 4 is 23.2 Å². The van der Waals surface area contributed by atoms with Gasteiger partial charge >= 0.3 is 0 Å². The number of aryl methyl sites for hydroxylation is 1. The molecule has 1 aliphatic heterocycles. The number of benzene rings is 1. The standard InChI is InChI=1S/C16H23ClN2O/c1-3-8-19-9-6-13(7-10-19)16(20)18-14-5-4-12(2)15(17)11-14/h4-5,11,13H,3,6-10H2,1-2H3,(H,18,20). The summed E-state index contributed by atoms with van der Waals surface area (Å²) >= 11 is 6.08. The lowest BCUT2D eigenvalue weighted by molar-refractivity contribution is -0.121. The Kier molecular flexibility index (Phi) is 5.44. The second-order valence-corrected chi connectivity index (χ2v) is 5.98. The van der Waals surface area contributed by atoms with E-state index in [1.165, 1.54) is 6.42 Å². The molecule has 1 aromatic rings. The number of anilines is 1. The second kappa shape index (κ2) is 7.09. The van der Waals surface area contributed by atoms with Gasteiger partial charge in [-0.15, -0.1) is 0 Å². The van der Waals surface area contributed by atoms with E-state index >= 15 is 0 Å². The summed E-state index contributed by atoms with van der Waals surface area (Å²) in [6.07, 6.45) is 3.08. The van der Waals surface area contributed by atoms with E-state index in [2.05, 4.69) is 17.1 Å². The molecule has 0 saturated carbocycles. The summed E-state index contributed by atoms with van der Waals surface area (Å²) in [5.74, 6) is 0.254. The number of amides is 1. The number of hydrogen-bond acceptors (Lipinski definition) is 2. The van der Waals surface area contributed by atoms with Crippen LogP contribution in [-0.2, 0) is 4.79 Å². The average molecular weight is 295 g/mol. The fourth-order valence-corrected chi connectivity index (χ4v) is 2.83. The first-order valence-corrected chi connectivity index (χ1v) is 7.77. The van der Waals surface area contributed by atoms with E-state index in [1.54, 1.807) is 0 Å². The van der Waals surface area contributed by atoms with Gasteiger partial charge in [0, 0.05) is 16.6 Å². The quantitative estimate of drug-likeness (QED) is 0.918. The first-order chi connectivity index (χ1) is 9.60. The Morgan fingerprint density at radius 3 is 2.70 bits per heavy atom. The van der Waals surface area contributed by atoms with Crippen molar-refractivity contribution in [2.24, 2.45) is 5.92 Å². The van der Waals surface area contributed by atoms with Crippen molar-refractivity contribution in [3.8, 4) is 0 Å². The number of likely N-dealkylation sites (tertiary alicyclic amines) is 1. The Balaban J connectivity index is 1.88. The van der Waals surface area contributed by atoms with E-state index in [0.29, 0.717) is 5.02 Å². The van der Waals surface area contributed by atoms with Crippen LogP contribution in [0.15, 0.2) is 18.2 Å². The molecule has 1 amide bonds. The van der Waals surface area contributed by atoms with Gasteiger partial charge in [0.15, 0.2) is 0 Å². The van der Waals surface area contributed by atoms with Crippen LogP contribution in [0.1, 0.15) is 31.7 Å². The zero-order valence-electron chi connectivity index (χ0n) is 12.3. The number of carbonyl (C=O) groups excluding carboxylic acids is 1. The monoisotopic (exact) mass is 294 g/mol. The molecule has 1 heterocycles. The van der Waals surface area contributed by atoms with Crippen molar-refractivity contribution in [1.82, 2.24) is 4.90 Å². The Bertz CT molecular complexity index is 468. The maximum atomic E-state index is 12.3. The molecule has 0 unspecified atom stereocenters. The third kappa shape index (κ3) is 3.97. The summed E-state index contributed by atoms with van der Waals surface area (Å²) in [7, 11) is 0. The van der Waals surface area contributed by atoms with Crippen LogP contribution in [0.4, 0.5) is 5.69 Å². The lowest BCUT2D eigenvalue weighted by Gasteiger charge is -2.30. The molecule has 0 spiro atoms. The minimum absolute atomic E-state index is 0.126. The lowest BCUT2D eigenvalue weighted by atomic mass is 9.95. The van der Waals surface area contributed by atoms with Crippen LogP contribution in [-0.4, -0.2) is 30.4 Å². The molecule has 0 aliphatic carbocycles. The van der Waals surface area contributed by atoms with Gasteiger partial charge in [0.25, 0.3) is 0 Å². The minimum Gasteiger partial charge on any atom is -0.326 e. The Morgan fingerprint density at radius 1 is 1.40 bits per heavy atom. The summed E-state index contributed by atoms with van der Waals surface area (Å²) in [6, 6.07) is 5.66. The lowest BCUT2D eigenvalue weighted by Crippen LogP contribution is -2.38. The molecule has 0 aromatic heterocycles. The number of hydrogen-bond donors (Lipinski definition) is 1. The Morgan fingerprint density at radius 2 is 2.10 bits per heavy atom. The highest BCUT2D eigenvalue weighted by atomic mass is 35.5. The first-order valence-electron chi connectivity index (χ1n) is 7.39. The third-order valence-electron chi connectivity index (χ3n) is 3.94. The number of halogens is 1. The number of carbonyl (C=O) groups is 1. The van der Waals surface area contributed by atoms with E-state index in [1.807, 2.05) is 25.1 Å². The first kappa shape index (κ1) is 15.3. The fraction of sp³-hybridized carbons (Fsp3) is 0.562. The molecular formula is C16H23ClN2O. The van der Waals surface area contributed by atoms with Crippen LogP contribution >= 0.6 is 11.6 Å². The number of nitrogens with one attached hydrogen (secondary N) is 1. The van der Waals surface area contributed by atoms with Crippen LogP contribution in [0.25, 0.3) is 0 Å². The molecule has 110 valence electrons. The van der Waals surface area contributed by atoms with Crippen molar-refractivity contribution in [2.75, 3.05) is 25.0 Å². The second-order valence-electron chi connectivity index (χ2n) is 5.57. The van der Waals surface area contributed by atoms with Crippen LogP contribution in [0, 0.1) is 12.8 Å². The molecule has 4 heteroatoms. The molecule has 1 aliphatic rings. The highest BCUT2D eigenvalue weighted by Gasteiger charge is 2.24. The molecule has 1 aromatic carbocycles. The summed E-state index contributed by atoms with van der Waals surface area (Å²) in [6.45, 7) is 7.35. The maximum Gasteiger partial charge on any atom is 0.227 e. The minimum atomic E-state index is 0.126. The predicted octanol–water partition coefficient (Wildman–Crippen LogP) is 3.71. The zero-order valence-corrected chi connectivity index (χ0v) is 13.0. The largest absolute Gasteiger partial charge is 0.326 e. The van der Waals surface area contributed by atoms with E-state index in [0.717, 1.165) is 43.7 Å². The SMILES string of the molecule is CCCN1CCC(C(=O)Nc2ccc(C)c(Cl)c2)CC1. The number of rotatable bonds is 4. The topological polar surface area (TPSA) is 32.3 Å². The van der Waals surface area contributed by atoms with Crippen molar-refractivity contribution in [3.05, 3.63) is 28.8 Å². The fourth-order valence-electron chi connectivity index (χ4n) is 2.65. The third-order valence-corrected chi connectivity index (χ3v) is 4.34. The highest BCUT2D eigenvalue weighted by Crippen LogP contribution is 2.23. The van der Waals surface area contributed by atoms with Crippen LogP contribution < -0.4 is 5.32 Å². The Hall–Kier alpha value is -1.06. The molecular weight excluding hydrogens is 272 g/mol. The van der Waals surface area contributed by atoms with Gasteiger partial charge in [0.2, 0.25) is 5.91 Å². The molecule has 1 saturated heterocycles. The smallest absolute Gasteiger partial charge is 0.227 e. The van der Waals surface area contributed by atoms with E-state index in [4.69, 9.17) is 11.6 Å². The van der Waals surface area contributed by atoms with Crippen LogP contribution in [0.2, 0.25) is 5.02 Å². The van der Waals surface area contributed by atoms with Crippen molar-refractivity contribution in [2.45, 2.75) is 33.1 Å². The van der Waals surface area contributed by atoms with E-state index < -0.39 is 0 Å². The summed E-state index contributed by atoms with van der Waals surface area (Å²) in [5.41, 5.74) is 1.82. The van der Waals surface area contributed by atoms with Gasteiger partial charge in [-0.25, -0.2) is 0 Å². The van der Waals surface area contributed by atoms with Crippen LogP contribution in [0.5, 0.6) is 0 Å². The van der Waals surface area contributed by atoms with Crippen LogP contribution in [0.3, 0.4) is 0 Å². The van der Waals surface area contributed by atoms with E-state index in [-0.39, 0.29) is 11.8 Å². The maximum absolute atomic E-state index is 12.3. The zero-order chi connectivity index (χ0) is 14.5. The molecule has 2 rings (SSSR count). The van der Waals surface area contributed by atoms with Gasteiger partial charge < -0.3 is 10.2 Å². The van der Waals surface area contributed by atoms with E-state index in [9.17, 15) is 4.79 Å².